The van der Waals surface area contributed by atoms with E-state index in [0.29, 0.717) is 6.61 Å². The van der Waals surface area contributed by atoms with Crippen molar-refractivity contribution in [2.75, 3.05) is 7.11 Å². The Kier molecular flexibility index (Phi) is 5.24. The lowest BCUT2D eigenvalue weighted by Crippen LogP contribution is -2.01. The van der Waals surface area contributed by atoms with E-state index in [0.717, 1.165) is 35.5 Å². The van der Waals surface area contributed by atoms with Gasteiger partial charge in [-0.25, -0.2) is 0 Å². The first-order valence-electron chi connectivity index (χ1n) is 6.78. The van der Waals surface area contributed by atoms with Gasteiger partial charge in [-0.15, -0.1) is 6.58 Å². The van der Waals surface area contributed by atoms with Gasteiger partial charge >= 0.3 is 0 Å². The van der Waals surface area contributed by atoms with Crippen LogP contribution < -0.4 is 9.47 Å². The second-order valence-corrected chi connectivity index (χ2v) is 4.55. The van der Waals surface area contributed by atoms with Crippen molar-refractivity contribution in [3.05, 3.63) is 72.3 Å². The molecule has 0 unspecified atom stereocenters. The fourth-order valence-corrected chi connectivity index (χ4v) is 2.07. The largest absolute Gasteiger partial charge is 0.493 e. The van der Waals surface area contributed by atoms with Crippen molar-refractivity contribution in [2.45, 2.75) is 19.4 Å². The van der Waals surface area contributed by atoms with E-state index in [1.165, 1.54) is 0 Å². The van der Waals surface area contributed by atoms with Gasteiger partial charge < -0.3 is 9.47 Å². The Labute approximate surface area is 120 Å². The summed E-state index contributed by atoms with van der Waals surface area (Å²) in [5.74, 6) is 1.61. The van der Waals surface area contributed by atoms with E-state index < -0.39 is 0 Å². The minimum Gasteiger partial charge on any atom is -0.493 e. The molecule has 0 atom stereocenters. The van der Waals surface area contributed by atoms with Gasteiger partial charge in [0.2, 0.25) is 0 Å². The highest BCUT2D eigenvalue weighted by atomic mass is 16.5. The van der Waals surface area contributed by atoms with Gasteiger partial charge in [-0.2, -0.15) is 0 Å². The van der Waals surface area contributed by atoms with Crippen molar-refractivity contribution in [3.63, 3.8) is 0 Å². The van der Waals surface area contributed by atoms with E-state index in [1.807, 2.05) is 36.4 Å². The summed E-state index contributed by atoms with van der Waals surface area (Å²) in [6.45, 7) is 4.31. The highest BCUT2D eigenvalue weighted by molar-refractivity contribution is 5.47. The molecule has 104 valence electrons. The molecule has 2 rings (SSSR count). The molecule has 0 aliphatic carbocycles. The molecule has 0 fully saturated rings. The summed E-state index contributed by atoms with van der Waals surface area (Å²) < 4.78 is 11.4. The molecule has 0 bridgehead atoms. The van der Waals surface area contributed by atoms with Crippen LogP contribution in [-0.2, 0) is 13.0 Å². The Morgan fingerprint density at radius 3 is 2.55 bits per heavy atom. The summed E-state index contributed by atoms with van der Waals surface area (Å²) in [5.41, 5.74) is 2.30. The van der Waals surface area contributed by atoms with Crippen molar-refractivity contribution in [2.24, 2.45) is 0 Å². The number of rotatable bonds is 7. The van der Waals surface area contributed by atoms with E-state index >= 15 is 0 Å². The van der Waals surface area contributed by atoms with Gasteiger partial charge in [0, 0.05) is 0 Å². The minimum atomic E-state index is 0.544. The van der Waals surface area contributed by atoms with Crippen LogP contribution in [0.3, 0.4) is 0 Å². The molecule has 0 radical (unpaired) electrons. The monoisotopic (exact) mass is 268 g/mol. The molecule has 0 heterocycles. The number of hydrogen-bond donors (Lipinski definition) is 0. The van der Waals surface area contributed by atoms with Crippen LogP contribution in [0.25, 0.3) is 0 Å². The van der Waals surface area contributed by atoms with E-state index in [4.69, 9.17) is 9.47 Å². The molecule has 2 aromatic carbocycles. The molecule has 2 nitrogen and oxygen atoms in total. The van der Waals surface area contributed by atoms with Crippen LogP contribution in [0, 0.1) is 0 Å². The van der Waals surface area contributed by atoms with Gasteiger partial charge in [0.05, 0.1) is 7.11 Å². The van der Waals surface area contributed by atoms with Crippen LogP contribution in [-0.4, -0.2) is 7.11 Å². The van der Waals surface area contributed by atoms with Crippen molar-refractivity contribution in [1.82, 2.24) is 0 Å². The van der Waals surface area contributed by atoms with Crippen LogP contribution in [0.1, 0.15) is 17.5 Å². The van der Waals surface area contributed by atoms with E-state index in [-0.39, 0.29) is 0 Å². The lowest BCUT2D eigenvalue weighted by atomic mass is 10.1. The Bertz CT molecular complexity index is 547. The Hall–Kier alpha value is -2.22. The van der Waals surface area contributed by atoms with E-state index in [9.17, 15) is 0 Å². The highest BCUT2D eigenvalue weighted by Crippen LogP contribution is 2.32. The first kappa shape index (κ1) is 14.2. The number of allylic oxidation sites excluding steroid dienone is 1. The zero-order chi connectivity index (χ0) is 14.2. The predicted octanol–water partition coefficient (Wildman–Crippen LogP) is 4.39. The molecule has 0 aliphatic heterocycles. The molecule has 2 heteroatoms. The quantitative estimate of drug-likeness (QED) is 0.693. The number of benzene rings is 2. The maximum atomic E-state index is 5.98. The lowest BCUT2D eigenvalue weighted by molar-refractivity contribution is 0.281. The molecular formula is C18H20O2. The minimum absolute atomic E-state index is 0.544. The van der Waals surface area contributed by atoms with Crippen molar-refractivity contribution >= 4 is 0 Å². The third kappa shape index (κ3) is 3.64. The number of ether oxygens (including phenoxy) is 2. The summed E-state index contributed by atoms with van der Waals surface area (Å²) in [6, 6.07) is 16.1. The fraction of sp³-hybridized carbons (Fsp3) is 0.222. The average molecular weight is 268 g/mol. The predicted molar refractivity (Wildman–Crippen MR) is 82.3 cm³/mol. The summed E-state index contributed by atoms with van der Waals surface area (Å²) in [4.78, 5) is 0. The lowest BCUT2D eigenvalue weighted by Gasteiger charge is -2.15. The first-order valence-corrected chi connectivity index (χ1v) is 6.78. The smallest absolute Gasteiger partial charge is 0.164 e. The Morgan fingerprint density at radius 1 is 1.05 bits per heavy atom. The number of methoxy groups -OCH3 is 1. The van der Waals surface area contributed by atoms with Crippen molar-refractivity contribution in [3.8, 4) is 11.5 Å². The molecular weight excluding hydrogens is 248 g/mol. The molecule has 0 N–H and O–H groups in total. The normalized spacial score (nSPS) is 10.1. The van der Waals surface area contributed by atoms with Crippen LogP contribution in [0.5, 0.6) is 11.5 Å². The maximum Gasteiger partial charge on any atom is 0.164 e. The van der Waals surface area contributed by atoms with Crippen LogP contribution in [0.2, 0.25) is 0 Å². The van der Waals surface area contributed by atoms with Crippen LogP contribution in [0.15, 0.2) is 61.2 Å². The molecule has 0 amide bonds. The third-order valence-corrected chi connectivity index (χ3v) is 3.12. The number of aryl methyl sites for hydroxylation is 1. The van der Waals surface area contributed by atoms with Gasteiger partial charge in [0.15, 0.2) is 11.5 Å². The van der Waals surface area contributed by atoms with E-state index in [1.54, 1.807) is 7.11 Å². The highest BCUT2D eigenvalue weighted by Gasteiger charge is 2.10. The maximum absolute atomic E-state index is 5.98. The fourth-order valence-electron chi connectivity index (χ4n) is 2.07. The van der Waals surface area contributed by atoms with Crippen LogP contribution in [0.4, 0.5) is 0 Å². The van der Waals surface area contributed by atoms with Gasteiger partial charge in [0.25, 0.3) is 0 Å². The summed E-state index contributed by atoms with van der Waals surface area (Å²) >= 11 is 0. The van der Waals surface area contributed by atoms with Gasteiger partial charge in [-0.05, 0) is 30.0 Å². The van der Waals surface area contributed by atoms with Crippen molar-refractivity contribution in [1.29, 1.82) is 0 Å². The number of hydrogen-bond acceptors (Lipinski definition) is 2. The molecule has 0 aromatic heterocycles. The summed E-state index contributed by atoms with van der Waals surface area (Å²) in [7, 11) is 1.67. The second kappa shape index (κ2) is 7.39. The molecule has 20 heavy (non-hydrogen) atoms. The van der Waals surface area contributed by atoms with Gasteiger partial charge in [0.1, 0.15) is 6.61 Å². The average Bonchev–Trinajstić information content (AvgIpc) is 2.52. The zero-order valence-electron chi connectivity index (χ0n) is 11.8. The molecule has 0 saturated carbocycles. The molecule has 0 aliphatic rings. The topological polar surface area (TPSA) is 18.5 Å². The SMILES string of the molecule is C=CCCc1cccc(OC)c1OCc1ccccc1. The standard InChI is InChI=1S/C18H20O2/c1-3-4-11-16-12-8-13-17(19-2)18(16)20-14-15-9-6-5-7-10-15/h3,5-10,12-13H,1,4,11,14H2,2H3. The Morgan fingerprint density at radius 2 is 1.85 bits per heavy atom. The van der Waals surface area contributed by atoms with Gasteiger partial charge in [-0.1, -0.05) is 48.5 Å². The Balaban J connectivity index is 2.17. The second-order valence-electron chi connectivity index (χ2n) is 4.55. The summed E-state index contributed by atoms with van der Waals surface area (Å²) in [6.07, 6.45) is 3.75. The zero-order valence-corrected chi connectivity index (χ0v) is 11.8. The van der Waals surface area contributed by atoms with Crippen molar-refractivity contribution < 1.29 is 9.47 Å². The van der Waals surface area contributed by atoms with Crippen LogP contribution >= 0.6 is 0 Å². The molecule has 2 aromatic rings. The van der Waals surface area contributed by atoms with Gasteiger partial charge in [-0.3, -0.25) is 0 Å². The first-order chi connectivity index (χ1) is 9.85. The van der Waals surface area contributed by atoms with E-state index in [2.05, 4.69) is 24.8 Å². The third-order valence-electron chi connectivity index (χ3n) is 3.12. The number of para-hydroxylation sites is 1. The molecule has 0 saturated heterocycles. The molecule has 0 spiro atoms. The summed E-state index contributed by atoms with van der Waals surface area (Å²) in [5, 5.41) is 0.